The summed E-state index contributed by atoms with van der Waals surface area (Å²) >= 11 is 3.37. The number of benzene rings is 2. The minimum Gasteiger partial charge on any atom is -0.323 e. The zero-order valence-corrected chi connectivity index (χ0v) is 17.3. The van der Waals surface area contributed by atoms with Crippen LogP contribution in [0.25, 0.3) is 11.3 Å². The fourth-order valence-electron chi connectivity index (χ4n) is 2.62. The van der Waals surface area contributed by atoms with E-state index in [1.807, 2.05) is 36.4 Å². The first-order chi connectivity index (χ1) is 14.0. The van der Waals surface area contributed by atoms with Crippen LogP contribution in [0.2, 0.25) is 0 Å². The van der Waals surface area contributed by atoms with E-state index in [2.05, 4.69) is 31.7 Å². The van der Waals surface area contributed by atoms with Gasteiger partial charge in [-0.2, -0.15) is 5.10 Å². The van der Waals surface area contributed by atoms with Gasteiger partial charge in [0.2, 0.25) is 11.8 Å². The first-order valence-electron chi connectivity index (χ1n) is 8.99. The number of halogens is 1. The molecular formula is C21H19BrN4O3. The van der Waals surface area contributed by atoms with Crippen molar-refractivity contribution in [1.82, 2.24) is 9.78 Å². The van der Waals surface area contributed by atoms with E-state index in [0.717, 1.165) is 14.7 Å². The molecule has 7 nitrogen and oxygen atoms in total. The number of aromatic nitrogens is 2. The van der Waals surface area contributed by atoms with Crippen molar-refractivity contribution in [3.05, 3.63) is 75.5 Å². The van der Waals surface area contributed by atoms with Crippen LogP contribution in [0.15, 0.2) is 69.9 Å². The van der Waals surface area contributed by atoms with Crippen LogP contribution in [-0.4, -0.2) is 21.6 Å². The number of amides is 2. The van der Waals surface area contributed by atoms with Gasteiger partial charge in [-0.05, 0) is 34.1 Å². The quantitative estimate of drug-likeness (QED) is 0.594. The molecule has 3 rings (SSSR count). The number of rotatable bonds is 6. The zero-order valence-electron chi connectivity index (χ0n) is 15.7. The third-order valence-electron chi connectivity index (χ3n) is 4.08. The van der Waals surface area contributed by atoms with Gasteiger partial charge in [0.25, 0.3) is 5.56 Å². The lowest BCUT2D eigenvalue weighted by atomic mass is 10.1. The summed E-state index contributed by atoms with van der Waals surface area (Å²) < 4.78 is 1.78. The molecule has 2 aromatic carbocycles. The van der Waals surface area contributed by atoms with Crippen molar-refractivity contribution in [3.63, 3.8) is 0 Å². The molecule has 2 amide bonds. The van der Waals surface area contributed by atoms with Gasteiger partial charge < -0.3 is 10.6 Å². The average molecular weight is 455 g/mol. The third-order valence-corrected chi connectivity index (χ3v) is 4.77. The lowest BCUT2D eigenvalue weighted by Crippen LogP contribution is -2.32. The molecule has 0 aliphatic carbocycles. The Kier molecular flexibility index (Phi) is 6.56. The highest BCUT2D eigenvalue weighted by molar-refractivity contribution is 9.10. The van der Waals surface area contributed by atoms with Gasteiger partial charge in [0.05, 0.1) is 11.4 Å². The summed E-state index contributed by atoms with van der Waals surface area (Å²) in [6, 6.07) is 17.9. The Morgan fingerprint density at radius 3 is 2.31 bits per heavy atom. The molecule has 0 bridgehead atoms. The summed E-state index contributed by atoms with van der Waals surface area (Å²) in [7, 11) is 0. The van der Waals surface area contributed by atoms with Gasteiger partial charge in [0, 0.05) is 16.5 Å². The van der Waals surface area contributed by atoms with E-state index in [1.165, 1.54) is 6.07 Å². The normalized spacial score (nSPS) is 10.4. The standard InChI is InChI=1S/C21H19BrN4O3/c1-2-19(27)24-18-12-17(14-8-4-3-5-9-14)25-26(21(18)29)13-20(28)23-16-11-7-6-10-15(16)22/h3-12H,2,13H2,1H3,(H,23,28)(H,24,27). The Morgan fingerprint density at radius 1 is 0.966 bits per heavy atom. The van der Waals surface area contributed by atoms with Crippen LogP contribution in [0, 0.1) is 0 Å². The highest BCUT2D eigenvalue weighted by Crippen LogP contribution is 2.21. The fraction of sp³-hybridized carbons (Fsp3) is 0.143. The van der Waals surface area contributed by atoms with Crippen molar-refractivity contribution >= 4 is 39.1 Å². The highest BCUT2D eigenvalue weighted by Gasteiger charge is 2.15. The maximum atomic E-state index is 12.8. The lowest BCUT2D eigenvalue weighted by molar-refractivity contribution is -0.117. The number of nitrogens with one attached hydrogen (secondary N) is 2. The Morgan fingerprint density at radius 2 is 1.62 bits per heavy atom. The van der Waals surface area contributed by atoms with Crippen molar-refractivity contribution in [2.75, 3.05) is 10.6 Å². The van der Waals surface area contributed by atoms with Crippen LogP contribution in [0.3, 0.4) is 0 Å². The zero-order chi connectivity index (χ0) is 20.8. The topological polar surface area (TPSA) is 93.1 Å². The van der Waals surface area contributed by atoms with Gasteiger partial charge in [-0.3, -0.25) is 14.4 Å². The van der Waals surface area contributed by atoms with E-state index >= 15 is 0 Å². The number of hydrogen-bond donors (Lipinski definition) is 2. The number of hydrogen-bond acceptors (Lipinski definition) is 4. The number of anilines is 2. The Hall–Kier alpha value is -3.26. The monoisotopic (exact) mass is 454 g/mol. The predicted molar refractivity (Wildman–Crippen MR) is 116 cm³/mol. The van der Waals surface area contributed by atoms with E-state index in [9.17, 15) is 14.4 Å². The van der Waals surface area contributed by atoms with E-state index < -0.39 is 11.5 Å². The molecule has 0 aliphatic rings. The summed E-state index contributed by atoms with van der Waals surface area (Å²) in [6.07, 6.45) is 0.227. The molecule has 0 unspecified atom stereocenters. The second-order valence-corrected chi connectivity index (χ2v) is 7.06. The van der Waals surface area contributed by atoms with Gasteiger partial charge in [0.1, 0.15) is 12.2 Å². The van der Waals surface area contributed by atoms with Crippen molar-refractivity contribution in [2.45, 2.75) is 19.9 Å². The summed E-state index contributed by atoms with van der Waals surface area (Å²) in [5, 5.41) is 9.66. The summed E-state index contributed by atoms with van der Waals surface area (Å²) in [6.45, 7) is 1.40. The first kappa shape index (κ1) is 20.5. The molecule has 0 saturated heterocycles. The molecule has 0 aliphatic heterocycles. The second kappa shape index (κ2) is 9.29. The van der Waals surface area contributed by atoms with Gasteiger partial charge in [-0.1, -0.05) is 49.4 Å². The second-order valence-electron chi connectivity index (χ2n) is 6.20. The van der Waals surface area contributed by atoms with E-state index in [1.54, 1.807) is 25.1 Å². The molecule has 0 fully saturated rings. The molecule has 0 spiro atoms. The van der Waals surface area contributed by atoms with Crippen molar-refractivity contribution in [3.8, 4) is 11.3 Å². The van der Waals surface area contributed by atoms with Gasteiger partial charge in [-0.25, -0.2) is 4.68 Å². The molecule has 148 valence electrons. The van der Waals surface area contributed by atoms with Gasteiger partial charge in [-0.15, -0.1) is 0 Å². The first-order valence-corrected chi connectivity index (χ1v) is 9.79. The molecule has 1 aromatic heterocycles. The van der Waals surface area contributed by atoms with E-state index in [0.29, 0.717) is 11.4 Å². The highest BCUT2D eigenvalue weighted by atomic mass is 79.9. The number of carbonyl (C=O) groups excluding carboxylic acids is 2. The fourth-order valence-corrected chi connectivity index (χ4v) is 3.00. The molecule has 0 saturated carbocycles. The lowest BCUT2D eigenvalue weighted by Gasteiger charge is -2.12. The van der Waals surface area contributed by atoms with E-state index in [4.69, 9.17) is 0 Å². The summed E-state index contributed by atoms with van der Waals surface area (Å²) in [5.41, 5.74) is 1.36. The summed E-state index contributed by atoms with van der Waals surface area (Å²) in [5.74, 6) is -0.707. The van der Waals surface area contributed by atoms with E-state index in [-0.39, 0.29) is 24.6 Å². The maximum absolute atomic E-state index is 12.8. The average Bonchev–Trinajstić information content (AvgIpc) is 2.73. The SMILES string of the molecule is CCC(=O)Nc1cc(-c2ccccc2)nn(CC(=O)Nc2ccccc2Br)c1=O. The maximum Gasteiger partial charge on any atom is 0.291 e. The Labute approximate surface area is 175 Å². The van der Waals surface area contributed by atoms with Crippen molar-refractivity contribution in [2.24, 2.45) is 0 Å². The molecule has 29 heavy (non-hydrogen) atoms. The van der Waals surface area contributed by atoms with Crippen LogP contribution >= 0.6 is 15.9 Å². The number of para-hydroxylation sites is 1. The number of nitrogens with zero attached hydrogens (tertiary/aromatic N) is 2. The Bertz CT molecular complexity index is 1100. The number of carbonyl (C=O) groups is 2. The van der Waals surface area contributed by atoms with Crippen molar-refractivity contribution < 1.29 is 9.59 Å². The molecule has 8 heteroatoms. The minimum atomic E-state index is -0.547. The molecule has 0 atom stereocenters. The predicted octanol–water partition coefficient (Wildman–Crippen LogP) is 3.66. The van der Waals surface area contributed by atoms with Crippen LogP contribution in [0.4, 0.5) is 11.4 Å². The van der Waals surface area contributed by atoms with Crippen LogP contribution < -0.4 is 16.2 Å². The molecule has 1 heterocycles. The molecular weight excluding hydrogens is 436 g/mol. The van der Waals surface area contributed by atoms with Gasteiger partial charge >= 0.3 is 0 Å². The van der Waals surface area contributed by atoms with Crippen LogP contribution in [0.1, 0.15) is 13.3 Å². The van der Waals surface area contributed by atoms with Crippen LogP contribution in [0.5, 0.6) is 0 Å². The van der Waals surface area contributed by atoms with Crippen molar-refractivity contribution in [1.29, 1.82) is 0 Å². The summed E-state index contributed by atoms with van der Waals surface area (Å²) in [4.78, 5) is 37.1. The van der Waals surface area contributed by atoms with Crippen LogP contribution in [-0.2, 0) is 16.1 Å². The molecule has 2 N–H and O–H groups in total. The Balaban J connectivity index is 1.95. The molecule has 0 radical (unpaired) electrons. The molecule has 3 aromatic rings. The smallest absolute Gasteiger partial charge is 0.291 e. The minimum absolute atomic E-state index is 0.0828. The van der Waals surface area contributed by atoms with Gasteiger partial charge in [0.15, 0.2) is 0 Å². The largest absolute Gasteiger partial charge is 0.323 e. The third kappa shape index (κ3) is 5.17.